The van der Waals surface area contributed by atoms with E-state index in [-0.39, 0.29) is 11.8 Å². The van der Waals surface area contributed by atoms with Gasteiger partial charge >= 0.3 is 0 Å². The molecule has 1 saturated heterocycles. The van der Waals surface area contributed by atoms with Crippen LogP contribution in [0.15, 0.2) is 36.5 Å². The summed E-state index contributed by atoms with van der Waals surface area (Å²) in [6, 6.07) is 9.04. The topological polar surface area (TPSA) is 74.9 Å². The number of nitrogens with zero attached hydrogens (tertiary/aromatic N) is 2. The second-order valence-corrected chi connectivity index (χ2v) is 6.08. The van der Waals surface area contributed by atoms with E-state index in [2.05, 4.69) is 4.98 Å². The van der Waals surface area contributed by atoms with Crippen molar-refractivity contribution in [2.24, 2.45) is 0 Å². The number of hydrogen-bond donors (Lipinski definition) is 1. The van der Waals surface area contributed by atoms with E-state index in [1.54, 1.807) is 34.2 Å². The number of ether oxygens (including phenoxy) is 2. The fraction of sp³-hybridized carbons (Fsp3) is 0.368. The fourth-order valence-corrected chi connectivity index (χ4v) is 3.13. The fourth-order valence-electron chi connectivity index (χ4n) is 3.13. The van der Waals surface area contributed by atoms with Gasteiger partial charge in [-0.2, -0.15) is 0 Å². The second kappa shape index (κ2) is 7.95. The minimum absolute atomic E-state index is 0.0643. The lowest BCUT2D eigenvalue weighted by Gasteiger charge is -2.35. The van der Waals surface area contributed by atoms with Crippen LogP contribution < -0.4 is 9.47 Å². The molecular weight excluding hydrogens is 334 g/mol. The molecule has 1 aliphatic heterocycles. The number of aromatic nitrogens is 1. The average molecular weight is 357 g/mol. The Labute approximate surface area is 152 Å². The Kier molecular flexibility index (Phi) is 5.46. The van der Waals surface area contributed by atoms with Crippen LogP contribution in [0.2, 0.25) is 0 Å². The molecule has 0 spiro atoms. The molecular formula is C19H23N3O4. The Morgan fingerprint density at radius 1 is 0.962 bits per heavy atom. The van der Waals surface area contributed by atoms with Crippen molar-refractivity contribution in [3.63, 3.8) is 0 Å². The summed E-state index contributed by atoms with van der Waals surface area (Å²) in [7, 11) is 3.06. The van der Waals surface area contributed by atoms with E-state index in [0.717, 1.165) is 5.69 Å². The third-order valence-corrected chi connectivity index (χ3v) is 4.57. The zero-order valence-electron chi connectivity index (χ0n) is 15.0. The largest absolute Gasteiger partial charge is 0.496 e. The molecule has 0 bridgehead atoms. The number of amides is 2. The molecule has 0 atom stereocenters. The third-order valence-electron chi connectivity index (χ3n) is 4.57. The first-order valence-electron chi connectivity index (χ1n) is 8.54. The van der Waals surface area contributed by atoms with Crippen molar-refractivity contribution in [1.29, 1.82) is 0 Å². The van der Waals surface area contributed by atoms with E-state index in [1.165, 1.54) is 14.2 Å². The Morgan fingerprint density at radius 2 is 1.58 bits per heavy atom. The number of hydrogen-bond acceptors (Lipinski definition) is 4. The Morgan fingerprint density at radius 3 is 2.12 bits per heavy atom. The number of carbonyl (C=O) groups excluding carboxylic acids is 2. The summed E-state index contributed by atoms with van der Waals surface area (Å²) >= 11 is 0. The van der Waals surface area contributed by atoms with Gasteiger partial charge in [0.15, 0.2) is 0 Å². The van der Waals surface area contributed by atoms with Gasteiger partial charge < -0.3 is 24.3 Å². The number of H-pyrrole nitrogens is 1. The molecule has 0 aliphatic carbocycles. The average Bonchev–Trinajstić information content (AvgIpc) is 3.19. The molecule has 0 radical (unpaired) electrons. The molecule has 2 aromatic rings. The minimum atomic E-state index is -0.143. The van der Waals surface area contributed by atoms with Crippen LogP contribution in [0.4, 0.5) is 0 Å². The van der Waals surface area contributed by atoms with Crippen molar-refractivity contribution in [3.05, 3.63) is 47.8 Å². The predicted molar refractivity (Wildman–Crippen MR) is 96.5 cm³/mol. The predicted octanol–water partition coefficient (Wildman–Crippen LogP) is 1.56. The van der Waals surface area contributed by atoms with Gasteiger partial charge in [-0.15, -0.1) is 0 Å². The number of aromatic amines is 1. The van der Waals surface area contributed by atoms with E-state index in [0.29, 0.717) is 49.7 Å². The SMILES string of the molecule is COc1cccc(OC)c1C(=O)N1CCN(C(=O)Cc2ccc[nH]2)CC1. The maximum Gasteiger partial charge on any atom is 0.261 e. The lowest BCUT2D eigenvalue weighted by molar-refractivity contribution is -0.132. The summed E-state index contributed by atoms with van der Waals surface area (Å²) in [6.45, 7) is 2.00. The number of piperazine rings is 1. The molecule has 138 valence electrons. The van der Waals surface area contributed by atoms with Crippen molar-refractivity contribution < 1.29 is 19.1 Å². The first-order chi connectivity index (χ1) is 12.6. The Hall–Kier alpha value is -2.96. The lowest BCUT2D eigenvalue weighted by Crippen LogP contribution is -2.51. The van der Waals surface area contributed by atoms with Gasteiger partial charge in [-0.1, -0.05) is 6.07 Å². The van der Waals surface area contributed by atoms with Crippen molar-refractivity contribution in [2.45, 2.75) is 6.42 Å². The van der Waals surface area contributed by atoms with Crippen molar-refractivity contribution in [2.75, 3.05) is 40.4 Å². The third kappa shape index (κ3) is 3.66. The Bertz CT molecular complexity index is 743. The van der Waals surface area contributed by atoms with Crippen LogP contribution in [0.5, 0.6) is 11.5 Å². The highest BCUT2D eigenvalue weighted by Gasteiger charge is 2.28. The molecule has 7 nitrogen and oxygen atoms in total. The molecule has 0 unspecified atom stereocenters. The normalized spacial score (nSPS) is 14.2. The van der Waals surface area contributed by atoms with Crippen molar-refractivity contribution >= 4 is 11.8 Å². The minimum Gasteiger partial charge on any atom is -0.496 e. The molecule has 1 aromatic carbocycles. The molecule has 7 heteroatoms. The van der Waals surface area contributed by atoms with E-state index in [4.69, 9.17) is 9.47 Å². The zero-order chi connectivity index (χ0) is 18.5. The van der Waals surface area contributed by atoms with Crippen LogP contribution in [0.1, 0.15) is 16.1 Å². The molecule has 1 aromatic heterocycles. The van der Waals surface area contributed by atoms with Crippen molar-refractivity contribution in [1.82, 2.24) is 14.8 Å². The Balaban J connectivity index is 1.65. The number of methoxy groups -OCH3 is 2. The molecule has 26 heavy (non-hydrogen) atoms. The molecule has 2 heterocycles. The quantitative estimate of drug-likeness (QED) is 0.881. The maximum absolute atomic E-state index is 12.9. The maximum atomic E-state index is 12.9. The lowest BCUT2D eigenvalue weighted by atomic mass is 10.1. The van der Waals surface area contributed by atoms with Gasteiger partial charge in [-0.25, -0.2) is 0 Å². The summed E-state index contributed by atoms with van der Waals surface area (Å²) in [5.74, 6) is 0.893. The van der Waals surface area contributed by atoms with Gasteiger partial charge in [0.1, 0.15) is 17.1 Å². The number of benzene rings is 1. The van der Waals surface area contributed by atoms with Crippen LogP contribution in [0, 0.1) is 0 Å². The van der Waals surface area contributed by atoms with Gasteiger partial charge in [-0.05, 0) is 24.3 Å². The molecule has 2 amide bonds. The van der Waals surface area contributed by atoms with E-state index < -0.39 is 0 Å². The van der Waals surface area contributed by atoms with Crippen molar-refractivity contribution in [3.8, 4) is 11.5 Å². The second-order valence-electron chi connectivity index (χ2n) is 6.08. The van der Waals surface area contributed by atoms with Crippen LogP contribution in [0.25, 0.3) is 0 Å². The highest BCUT2D eigenvalue weighted by Crippen LogP contribution is 2.29. The number of carbonyl (C=O) groups is 2. The van der Waals surface area contributed by atoms with Crippen LogP contribution in [-0.4, -0.2) is 67.0 Å². The molecule has 0 saturated carbocycles. The molecule has 1 fully saturated rings. The van der Waals surface area contributed by atoms with E-state index >= 15 is 0 Å². The first kappa shape index (κ1) is 17.8. The van der Waals surface area contributed by atoms with Gasteiger partial charge in [0.05, 0.1) is 20.6 Å². The van der Waals surface area contributed by atoms with E-state index in [9.17, 15) is 9.59 Å². The number of nitrogens with one attached hydrogen (secondary N) is 1. The summed E-state index contributed by atoms with van der Waals surface area (Å²) in [4.78, 5) is 31.9. The number of rotatable bonds is 5. The standard InChI is InChI=1S/C19H23N3O4/c1-25-15-6-3-7-16(26-2)18(15)19(24)22-11-9-21(10-12-22)17(23)13-14-5-4-8-20-14/h3-8,20H,9-13H2,1-2H3. The monoisotopic (exact) mass is 357 g/mol. The van der Waals surface area contributed by atoms with Gasteiger partial charge in [-0.3, -0.25) is 9.59 Å². The summed E-state index contributed by atoms with van der Waals surface area (Å²) in [5, 5.41) is 0. The highest BCUT2D eigenvalue weighted by atomic mass is 16.5. The van der Waals surface area contributed by atoms with Crippen LogP contribution >= 0.6 is 0 Å². The van der Waals surface area contributed by atoms with Gasteiger partial charge in [0.25, 0.3) is 5.91 Å². The van der Waals surface area contributed by atoms with Gasteiger partial charge in [0, 0.05) is 38.1 Å². The summed E-state index contributed by atoms with van der Waals surface area (Å²) in [6.07, 6.45) is 2.15. The summed E-state index contributed by atoms with van der Waals surface area (Å²) < 4.78 is 10.6. The molecule has 1 aliphatic rings. The molecule has 3 rings (SSSR count). The molecule has 1 N–H and O–H groups in total. The summed E-state index contributed by atoms with van der Waals surface area (Å²) in [5.41, 5.74) is 1.32. The highest BCUT2D eigenvalue weighted by molar-refractivity contribution is 6.00. The van der Waals surface area contributed by atoms with Crippen LogP contribution in [0.3, 0.4) is 0 Å². The zero-order valence-corrected chi connectivity index (χ0v) is 15.0. The smallest absolute Gasteiger partial charge is 0.261 e. The van der Waals surface area contributed by atoms with Gasteiger partial charge in [0.2, 0.25) is 5.91 Å². The van der Waals surface area contributed by atoms with E-state index in [1.807, 2.05) is 12.1 Å². The first-order valence-corrected chi connectivity index (χ1v) is 8.54. The van der Waals surface area contributed by atoms with Crippen LogP contribution in [-0.2, 0) is 11.2 Å².